The van der Waals surface area contributed by atoms with Crippen molar-refractivity contribution in [3.8, 4) is 11.5 Å². The van der Waals surface area contributed by atoms with Gasteiger partial charge in [-0.1, -0.05) is 29.8 Å². The number of aromatic amines is 1. The molecule has 6 rings (SSSR count). The smallest absolute Gasteiger partial charge is 0.341 e. The van der Waals surface area contributed by atoms with Gasteiger partial charge >= 0.3 is 5.97 Å². The van der Waals surface area contributed by atoms with Crippen LogP contribution < -0.4 is 9.64 Å². The molecule has 1 N–H and O–H groups in total. The number of hydrogen-bond acceptors (Lipinski definition) is 7. The first-order valence-electron chi connectivity index (χ1n) is 14.2. The summed E-state index contributed by atoms with van der Waals surface area (Å²) in [6, 6.07) is 19.5. The van der Waals surface area contributed by atoms with Gasteiger partial charge in [0.25, 0.3) is 0 Å². The third kappa shape index (κ3) is 6.02. The standard InChI is InChI=1S/C33H35ClN4O4/c1-33(2)18-27(22-7-9-24(34)10-8-22)23(21-41-33)20-37-13-15-38(16-14-37)25-11-12-26(32(39)40-3)31(17-25)42-30-6-4-5-29-28(30)19-35-36-29/h4-12,17,19H,13-16,18,20-21H2,1-3H3,(H,35,36). The van der Waals surface area contributed by atoms with Gasteiger partial charge in [0.1, 0.15) is 17.1 Å². The third-order valence-corrected chi connectivity index (χ3v) is 8.30. The van der Waals surface area contributed by atoms with Gasteiger partial charge in [0.05, 0.1) is 36.4 Å². The van der Waals surface area contributed by atoms with E-state index in [4.69, 9.17) is 25.8 Å². The van der Waals surface area contributed by atoms with Crippen molar-refractivity contribution in [2.45, 2.75) is 25.9 Å². The van der Waals surface area contributed by atoms with Crippen LogP contribution in [0.25, 0.3) is 16.5 Å². The fourth-order valence-electron chi connectivity index (χ4n) is 5.72. The molecule has 3 aromatic carbocycles. The van der Waals surface area contributed by atoms with Gasteiger partial charge in [0.2, 0.25) is 0 Å². The van der Waals surface area contributed by atoms with Crippen molar-refractivity contribution in [1.29, 1.82) is 0 Å². The number of nitrogens with zero attached hydrogens (tertiary/aromatic N) is 3. The molecule has 2 aliphatic heterocycles. The summed E-state index contributed by atoms with van der Waals surface area (Å²) in [6.45, 7) is 9.31. The maximum atomic E-state index is 12.6. The number of esters is 1. The fraction of sp³-hybridized carbons (Fsp3) is 0.333. The number of anilines is 1. The third-order valence-electron chi connectivity index (χ3n) is 8.05. The highest BCUT2D eigenvalue weighted by molar-refractivity contribution is 6.30. The summed E-state index contributed by atoms with van der Waals surface area (Å²) in [4.78, 5) is 17.4. The molecule has 0 aliphatic carbocycles. The molecule has 0 saturated carbocycles. The first kappa shape index (κ1) is 28.3. The molecule has 1 fully saturated rings. The molecule has 1 aromatic heterocycles. The van der Waals surface area contributed by atoms with Gasteiger partial charge in [-0.3, -0.25) is 10.00 Å². The second kappa shape index (κ2) is 11.8. The van der Waals surface area contributed by atoms with E-state index in [-0.39, 0.29) is 5.60 Å². The molecule has 0 unspecified atom stereocenters. The van der Waals surface area contributed by atoms with Crippen molar-refractivity contribution in [3.05, 3.63) is 88.6 Å². The fourth-order valence-corrected chi connectivity index (χ4v) is 5.85. The van der Waals surface area contributed by atoms with Gasteiger partial charge in [-0.25, -0.2) is 4.79 Å². The second-order valence-corrected chi connectivity index (χ2v) is 11.9. The average Bonchev–Trinajstić information content (AvgIpc) is 3.49. The first-order chi connectivity index (χ1) is 20.3. The van der Waals surface area contributed by atoms with Crippen molar-refractivity contribution < 1.29 is 19.0 Å². The van der Waals surface area contributed by atoms with E-state index < -0.39 is 5.97 Å². The summed E-state index contributed by atoms with van der Waals surface area (Å²) in [5.74, 6) is 0.634. The van der Waals surface area contributed by atoms with Crippen LogP contribution in [0.4, 0.5) is 5.69 Å². The summed E-state index contributed by atoms with van der Waals surface area (Å²) >= 11 is 6.17. The molecule has 0 amide bonds. The number of fused-ring (bicyclic) bond motifs is 1. The van der Waals surface area contributed by atoms with Crippen molar-refractivity contribution >= 4 is 39.7 Å². The van der Waals surface area contributed by atoms with Crippen LogP contribution >= 0.6 is 11.6 Å². The van der Waals surface area contributed by atoms with Crippen molar-refractivity contribution in [2.75, 3.05) is 51.3 Å². The Balaban J connectivity index is 1.19. The van der Waals surface area contributed by atoms with Gasteiger partial charge in [-0.05, 0) is 67.0 Å². The average molecular weight is 587 g/mol. The Morgan fingerprint density at radius 1 is 1.05 bits per heavy atom. The molecule has 8 nitrogen and oxygen atoms in total. The Labute approximate surface area is 250 Å². The first-order valence-corrected chi connectivity index (χ1v) is 14.6. The molecule has 218 valence electrons. The zero-order valence-electron chi connectivity index (χ0n) is 24.2. The highest BCUT2D eigenvalue weighted by Crippen LogP contribution is 2.37. The number of ether oxygens (including phenoxy) is 3. The molecule has 9 heteroatoms. The van der Waals surface area contributed by atoms with Crippen molar-refractivity contribution in [1.82, 2.24) is 15.1 Å². The van der Waals surface area contributed by atoms with Crippen molar-refractivity contribution in [3.63, 3.8) is 0 Å². The van der Waals surface area contributed by atoms with Crippen LogP contribution in [0, 0.1) is 0 Å². The Bertz CT molecular complexity index is 1620. The van der Waals surface area contributed by atoms with Crippen LogP contribution in [0.2, 0.25) is 5.02 Å². The molecule has 0 bridgehead atoms. The van der Waals surface area contributed by atoms with Gasteiger partial charge in [0, 0.05) is 55.9 Å². The predicted molar refractivity (Wildman–Crippen MR) is 166 cm³/mol. The molecule has 42 heavy (non-hydrogen) atoms. The van der Waals surface area contributed by atoms with E-state index >= 15 is 0 Å². The van der Waals surface area contributed by atoms with E-state index in [0.717, 1.165) is 60.8 Å². The normalized spacial score (nSPS) is 17.5. The van der Waals surface area contributed by atoms with E-state index in [1.807, 2.05) is 42.5 Å². The van der Waals surface area contributed by atoms with Gasteiger partial charge in [-0.15, -0.1) is 0 Å². The molecular formula is C33H35ClN4O4. The number of carbonyl (C=O) groups is 1. The molecule has 0 atom stereocenters. The summed E-state index contributed by atoms with van der Waals surface area (Å²) in [7, 11) is 1.38. The lowest BCUT2D eigenvalue weighted by molar-refractivity contribution is -0.0101. The van der Waals surface area contributed by atoms with E-state index in [1.165, 1.54) is 23.8 Å². The Morgan fingerprint density at radius 3 is 2.60 bits per heavy atom. The Kier molecular flexibility index (Phi) is 7.94. The van der Waals surface area contributed by atoms with Crippen LogP contribution in [0.15, 0.2) is 72.4 Å². The maximum absolute atomic E-state index is 12.6. The van der Waals surface area contributed by atoms with Crippen LogP contribution in [-0.2, 0) is 9.47 Å². The summed E-state index contributed by atoms with van der Waals surface area (Å²) in [5, 5.41) is 8.67. The SMILES string of the molecule is COC(=O)c1ccc(N2CCN(CC3=C(c4ccc(Cl)cc4)CC(C)(C)OC3)CC2)cc1Oc1cccc2[nH]ncc12. The van der Waals surface area contributed by atoms with Crippen LogP contribution in [0.3, 0.4) is 0 Å². The lowest BCUT2D eigenvalue weighted by atomic mass is 9.87. The molecule has 3 heterocycles. The van der Waals surface area contributed by atoms with E-state index in [9.17, 15) is 4.79 Å². The van der Waals surface area contributed by atoms with E-state index in [2.05, 4.69) is 46.0 Å². The molecule has 1 saturated heterocycles. The quantitative estimate of drug-likeness (QED) is 0.245. The molecule has 2 aliphatic rings. The summed E-state index contributed by atoms with van der Waals surface area (Å²) in [6.07, 6.45) is 2.59. The second-order valence-electron chi connectivity index (χ2n) is 11.4. The molecule has 0 spiro atoms. The number of nitrogens with one attached hydrogen (secondary N) is 1. The molecular weight excluding hydrogens is 552 g/mol. The zero-order valence-corrected chi connectivity index (χ0v) is 24.9. The number of halogens is 1. The minimum absolute atomic E-state index is 0.198. The van der Waals surface area contributed by atoms with Crippen molar-refractivity contribution in [2.24, 2.45) is 0 Å². The number of methoxy groups -OCH3 is 1. The summed E-state index contributed by atoms with van der Waals surface area (Å²) < 4.78 is 17.6. The minimum atomic E-state index is -0.441. The Morgan fingerprint density at radius 2 is 1.83 bits per heavy atom. The van der Waals surface area contributed by atoms with Gasteiger partial charge in [0.15, 0.2) is 0 Å². The van der Waals surface area contributed by atoms with Crippen LogP contribution in [0.1, 0.15) is 36.2 Å². The number of benzene rings is 3. The zero-order chi connectivity index (χ0) is 29.3. The van der Waals surface area contributed by atoms with E-state index in [0.29, 0.717) is 23.7 Å². The summed E-state index contributed by atoms with van der Waals surface area (Å²) in [5.41, 5.74) is 5.95. The highest BCUT2D eigenvalue weighted by atomic mass is 35.5. The largest absolute Gasteiger partial charge is 0.465 e. The maximum Gasteiger partial charge on any atom is 0.341 e. The molecule has 4 aromatic rings. The predicted octanol–water partition coefficient (Wildman–Crippen LogP) is 6.57. The monoisotopic (exact) mass is 586 g/mol. The minimum Gasteiger partial charge on any atom is -0.465 e. The van der Waals surface area contributed by atoms with E-state index in [1.54, 1.807) is 12.3 Å². The Hall–Kier alpha value is -3.85. The number of aromatic nitrogens is 2. The number of rotatable bonds is 7. The number of hydrogen-bond donors (Lipinski definition) is 1. The van der Waals surface area contributed by atoms with Gasteiger partial charge in [-0.2, -0.15) is 5.10 Å². The number of H-pyrrole nitrogens is 1. The lowest BCUT2D eigenvalue weighted by Gasteiger charge is -2.39. The number of piperazine rings is 1. The van der Waals surface area contributed by atoms with Crippen LogP contribution in [-0.4, -0.2) is 73.1 Å². The number of carbonyl (C=O) groups excluding carboxylic acids is 1. The lowest BCUT2D eigenvalue weighted by Crippen LogP contribution is -2.47. The topological polar surface area (TPSA) is 79.9 Å². The van der Waals surface area contributed by atoms with Crippen LogP contribution in [0.5, 0.6) is 11.5 Å². The molecule has 0 radical (unpaired) electrons. The van der Waals surface area contributed by atoms with Gasteiger partial charge < -0.3 is 19.1 Å². The highest BCUT2D eigenvalue weighted by Gasteiger charge is 2.30.